The summed E-state index contributed by atoms with van der Waals surface area (Å²) in [4.78, 5) is 5.04. The van der Waals surface area contributed by atoms with Crippen molar-refractivity contribution in [2.75, 3.05) is 13.1 Å². The lowest BCUT2D eigenvalue weighted by atomic mass is 10.1. The van der Waals surface area contributed by atoms with Crippen molar-refractivity contribution in [2.45, 2.75) is 55.8 Å². The maximum Gasteiger partial charge on any atom is 0.243 e. The zero-order valence-electron chi connectivity index (χ0n) is 14.8. The summed E-state index contributed by atoms with van der Waals surface area (Å²) in [5.41, 5.74) is 2.51. The Hall–Kier alpha value is -1.73. The van der Waals surface area contributed by atoms with Gasteiger partial charge in [0.15, 0.2) is 5.82 Å². The minimum atomic E-state index is -3.40. The predicted molar refractivity (Wildman–Crippen MR) is 97.4 cm³/mol. The highest BCUT2D eigenvalue weighted by Gasteiger charge is 2.34. The van der Waals surface area contributed by atoms with Gasteiger partial charge in [0.25, 0.3) is 0 Å². The highest BCUT2D eigenvalue weighted by atomic mass is 32.2. The summed E-state index contributed by atoms with van der Waals surface area (Å²) in [5, 5.41) is 7.34. The van der Waals surface area contributed by atoms with Crippen LogP contribution in [0.25, 0.3) is 0 Å². The second-order valence-electron chi connectivity index (χ2n) is 7.92. The number of hydrogen-bond donors (Lipinski definition) is 1. The van der Waals surface area contributed by atoms with Crippen LogP contribution in [0, 0.1) is 5.92 Å². The molecule has 0 amide bonds. The molecule has 2 aliphatic carbocycles. The van der Waals surface area contributed by atoms with Crippen LogP contribution >= 0.6 is 0 Å². The van der Waals surface area contributed by atoms with E-state index >= 15 is 0 Å². The standard InChI is InChI=1S/C19H24N4O2S/c24-26(25,17-7-6-14-2-1-3-16(14)11-17)23-9-8-13(12-23)10-18-20-19(22-21-18)15-4-5-15/h6-7,11,13,15H,1-5,8-10,12H2,(H,20,21,22). The summed E-state index contributed by atoms with van der Waals surface area (Å²) >= 11 is 0. The average Bonchev–Trinajstić information content (AvgIpc) is 3.04. The summed E-state index contributed by atoms with van der Waals surface area (Å²) in [7, 11) is -3.40. The molecule has 2 fully saturated rings. The quantitative estimate of drug-likeness (QED) is 0.874. The van der Waals surface area contributed by atoms with Crippen molar-refractivity contribution in [1.29, 1.82) is 0 Å². The zero-order valence-corrected chi connectivity index (χ0v) is 15.6. The lowest BCUT2D eigenvalue weighted by Crippen LogP contribution is -2.29. The molecule has 26 heavy (non-hydrogen) atoms. The van der Waals surface area contributed by atoms with Gasteiger partial charge in [-0.3, -0.25) is 5.10 Å². The molecule has 1 N–H and O–H groups in total. The van der Waals surface area contributed by atoms with E-state index in [1.165, 1.54) is 24.0 Å². The Morgan fingerprint density at radius 2 is 2.00 bits per heavy atom. The molecule has 0 bridgehead atoms. The van der Waals surface area contributed by atoms with Crippen LogP contribution in [0.4, 0.5) is 0 Å². The molecule has 1 aliphatic heterocycles. The Bertz CT molecular complexity index is 933. The summed E-state index contributed by atoms with van der Waals surface area (Å²) < 4.78 is 27.7. The van der Waals surface area contributed by atoms with E-state index in [-0.39, 0.29) is 0 Å². The van der Waals surface area contributed by atoms with Crippen LogP contribution in [0.3, 0.4) is 0 Å². The van der Waals surface area contributed by atoms with E-state index in [0.29, 0.717) is 29.8 Å². The first-order valence-corrected chi connectivity index (χ1v) is 11.1. The molecular formula is C19H24N4O2S. The van der Waals surface area contributed by atoms with E-state index in [4.69, 9.17) is 0 Å². The van der Waals surface area contributed by atoms with Gasteiger partial charge in [-0.25, -0.2) is 13.4 Å². The van der Waals surface area contributed by atoms with Gasteiger partial charge in [0.1, 0.15) is 5.82 Å². The third-order valence-corrected chi connectivity index (χ3v) is 7.79. The second kappa shape index (κ2) is 6.16. The summed E-state index contributed by atoms with van der Waals surface area (Å²) in [5.74, 6) is 2.67. The Balaban J connectivity index is 1.28. The Morgan fingerprint density at radius 1 is 1.15 bits per heavy atom. The first-order valence-electron chi connectivity index (χ1n) is 9.63. The van der Waals surface area contributed by atoms with E-state index in [1.807, 2.05) is 12.1 Å². The number of H-pyrrole nitrogens is 1. The molecule has 1 aromatic carbocycles. The molecule has 1 aromatic heterocycles. The maximum atomic E-state index is 13.0. The Kier molecular flexibility index (Phi) is 3.90. The highest BCUT2D eigenvalue weighted by Crippen LogP contribution is 2.38. The first-order chi connectivity index (χ1) is 12.6. The zero-order chi connectivity index (χ0) is 17.7. The highest BCUT2D eigenvalue weighted by molar-refractivity contribution is 7.89. The summed E-state index contributed by atoms with van der Waals surface area (Å²) in [6.07, 6.45) is 7.23. The van der Waals surface area contributed by atoms with Crippen molar-refractivity contribution in [3.8, 4) is 0 Å². The molecule has 5 rings (SSSR count). The predicted octanol–water partition coefficient (Wildman–Crippen LogP) is 2.42. The molecular weight excluding hydrogens is 348 g/mol. The SMILES string of the molecule is O=S(=O)(c1ccc2c(c1)CCC2)N1CCC(Cc2nc(C3CC3)n[nH]2)C1. The Labute approximate surface area is 154 Å². The molecule has 138 valence electrons. The molecule has 3 aliphatic rings. The number of hydrogen-bond acceptors (Lipinski definition) is 4. The van der Waals surface area contributed by atoms with Gasteiger partial charge in [-0.1, -0.05) is 6.07 Å². The molecule has 7 heteroatoms. The summed E-state index contributed by atoms with van der Waals surface area (Å²) in [6, 6.07) is 5.67. The van der Waals surface area contributed by atoms with E-state index in [9.17, 15) is 8.42 Å². The van der Waals surface area contributed by atoms with Gasteiger partial charge in [-0.2, -0.15) is 9.40 Å². The average molecular weight is 372 g/mol. The molecule has 1 saturated carbocycles. The normalized spacial score (nSPS) is 23.5. The molecule has 6 nitrogen and oxygen atoms in total. The van der Waals surface area contributed by atoms with Crippen LogP contribution in [0.2, 0.25) is 0 Å². The van der Waals surface area contributed by atoms with Gasteiger partial charge < -0.3 is 0 Å². The van der Waals surface area contributed by atoms with Crippen LogP contribution in [-0.4, -0.2) is 41.0 Å². The topological polar surface area (TPSA) is 79.0 Å². The lowest BCUT2D eigenvalue weighted by Gasteiger charge is -2.17. The number of fused-ring (bicyclic) bond motifs is 1. The third-order valence-electron chi connectivity index (χ3n) is 5.93. The molecule has 2 aromatic rings. The fourth-order valence-electron chi connectivity index (χ4n) is 4.24. The van der Waals surface area contributed by atoms with Crippen LogP contribution < -0.4 is 0 Å². The molecule has 2 heterocycles. The van der Waals surface area contributed by atoms with Gasteiger partial charge in [0.2, 0.25) is 10.0 Å². The van der Waals surface area contributed by atoms with Crippen molar-refractivity contribution in [2.24, 2.45) is 5.92 Å². The second-order valence-corrected chi connectivity index (χ2v) is 9.86. The number of nitrogens with one attached hydrogen (secondary N) is 1. The van der Waals surface area contributed by atoms with Gasteiger partial charge in [0.05, 0.1) is 4.90 Å². The molecule has 0 radical (unpaired) electrons. The number of aryl methyl sites for hydroxylation is 2. The smallest absolute Gasteiger partial charge is 0.243 e. The minimum Gasteiger partial charge on any atom is -0.263 e. The van der Waals surface area contributed by atoms with Crippen molar-refractivity contribution < 1.29 is 8.42 Å². The number of aromatic amines is 1. The van der Waals surface area contributed by atoms with Crippen molar-refractivity contribution in [1.82, 2.24) is 19.5 Å². The molecule has 0 spiro atoms. The van der Waals surface area contributed by atoms with Crippen LogP contribution in [-0.2, 0) is 29.3 Å². The lowest BCUT2D eigenvalue weighted by molar-refractivity contribution is 0.453. The monoisotopic (exact) mass is 372 g/mol. The van der Waals surface area contributed by atoms with Crippen LogP contribution in [0.5, 0.6) is 0 Å². The molecule has 1 atom stereocenters. The summed E-state index contributed by atoms with van der Waals surface area (Å²) in [6.45, 7) is 1.16. The van der Waals surface area contributed by atoms with Gasteiger partial charge in [-0.05, 0) is 67.7 Å². The van der Waals surface area contributed by atoms with E-state index in [1.54, 1.807) is 10.4 Å². The number of nitrogens with zero attached hydrogens (tertiary/aromatic N) is 3. The van der Waals surface area contributed by atoms with Crippen molar-refractivity contribution >= 4 is 10.0 Å². The fraction of sp³-hybridized carbons (Fsp3) is 0.579. The van der Waals surface area contributed by atoms with Crippen LogP contribution in [0.15, 0.2) is 23.1 Å². The van der Waals surface area contributed by atoms with E-state index in [2.05, 4.69) is 15.2 Å². The molecule has 1 saturated heterocycles. The van der Waals surface area contributed by atoms with E-state index in [0.717, 1.165) is 43.8 Å². The van der Waals surface area contributed by atoms with Crippen molar-refractivity contribution in [3.05, 3.63) is 41.0 Å². The van der Waals surface area contributed by atoms with Crippen LogP contribution in [0.1, 0.15) is 54.4 Å². The number of sulfonamides is 1. The van der Waals surface area contributed by atoms with E-state index < -0.39 is 10.0 Å². The van der Waals surface area contributed by atoms with Gasteiger partial charge in [-0.15, -0.1) is 0 Å². The maximum absolute atomic E-state index is 13.0. The largest absolute Gasteiger partial charge is 0.263 e. The Morgan fingerprint density at radius 3 is 2.85 bits per heavy atom. The van der Waals surface area contributed by atoms with Gasteiger partial charge >= 0.3 is 0 Å². The number of aromatic nitrogens is 3. The molecule has 1 unspecified atom stereocenters. The van der Waals surface area contributed by atoms with Gasteiger partial charge in [0, 0.05) is 25.4 Å². The minimum absolute atomic E-state index is 0.305. The first kappa shape index (κ1) is 16.4. The number of benzene rings is 1. The third kappa shape index (κ3) is 2.97. The number of rotatable bonds is 5. The van der Waals surface area contributed by atoms with Crippen molar-refractivity contribution in [3.63, 3.8) is 0 Å². The fourth-order valence-corrected chi connectivity index (χ4v) is 5.82.